The fraction of sp³-hybridized carbons (Fsp3) is 0.333. The molecule has 0 spiro atoms. The number of fused-ring (bicyclic) bond motifs is 1. The number of benzene rings is 2. The summed E-state index contributed by atoms with van der Waals surface area (Å²) in [5.74, 6) is -0.492. The van der Waals surface area contributed by atoms with Gasteiger partial charge in [-0.05, 0) is 49.6 Å². The maximum absolute atomic E-state index is 13.0. The average molecular weight is 348 g/mol. The topological polar surface area (TPSA) is 55.9 Å². The minimum absolute atomic E-state index is 0.0543. The Kier molecular flexibility index (Phi) is 3.36. The fourth-order valence-corrected chi connectivity index (χ4v) is 4.86. The van der Waals surface area contributed by atoms with Crippen molar-refractivity contribution in [3.05, 3.63) is 66.0 Å². The highest BCUT2D eigenvalue weighted by Crippen LogP contribution is 2.66. The SMILES string of the molecule is C[C@]12CC[C@@H](OS(=O)(=O)c3ccc(F)cc3)[C@@]1(c1ccccc1)O2. The van der Waals surface area contributed by atoms with Gasteiger partial charge in [-0.2, -0.15) is 8.42 Å². The van der Waals surface area contributed by atoms with Gasteiger partial charge in [-0.25, -0.2) is 4.39 Å². The Morgan fingerprint density at radius 3 is 2.42 bits per heavy atom. The molecule has 0 bridgehead atoms. The van der Waals surface area contributed by atoms with Crippen LogP contribution in [-0.2, 0) is 24.6 Å². The summed E-state index contributed by atoms with van der Waals surface area (Å²) < 4.78 is 49.6. The molecule has 1 saturated carbocycles. The van der Waals surface area contributed by atoms with Crippen LogP contribution in [0.25, 0.3) is 0 Å². The highest BCUT2D eigenvalue weighted by molar-refractivity contribution is 7.86. The van der Waals surface area contributed by atoms with Gasteiger partial charge >= 0.3 is 0 Å². The lowest BCUT2D eigenvalue weighted by Gasteiger charge is -2.21. The molecule has 24 heavy (non-hydrogen) atoms. The molecule has 2 aliphatic rings. The Morgan fingerprint density at radius 1 is 1.12 bits per heavy atom. The van der Waals surface area contributed by atoms with E-state index in [2.05, 4.69) is 0 Å². The van der Waals surface area contributed by atoms with Crippen LogP contribution >= 0.6 is 0 Å². The first-order valence-corrected chi connectivity index (χ1v) is 9.23. The molecule has 1 aliphatic heterocycles. The van der Waals surface area contributed by atoms with Gasteiger partial charge in [0.1, 0.15) is 23.1 Å². The number of hydrogen-bond acceptors (Lipinski definition) is 4. The van der Waals surface area contributed by atoms with Gasteiger partial charge in [0.2, 0.25) is 0 Å². The van der Waals surface area contributed by atoms with Gasteiger partial charge in [0.15, 0.2) is 0 Å². The van der Waals surface area contributed by atoms with Crippen molar-refractivity contribution < 1.29 is 21.7 Å². The van der Waals surface area contributed by atoms with Gasteiger partial charge in [-0.3, -0.25) is 4.18 Å². The van der Waals surface area contributed by atoms with Crippen LogP contribution in [0.4, 0.5) is 4.39 Å². The summed E-state index contributed by atoms with van der Waals surface area (Å²) in [6.45, 7) is 1.98. The molecule has 1 saturated heterocycles. The summed E-state index contributed by atoms with van der Waals surface area (Å²) >= 11 is 0. The summed E-state index contributed by atoms with van der Waals surface area (Å²) in [5, 5.41) is 0. The van der Waals surface area contributed by atoms with E-state index in [0.29, 0.717) is 6.42 Å². The van der Waals surface area contributed by atoms with E-state index in [1.807, 2.05) is 37.3 Å². The molecule has 3 atom stereocenters. The summed E-state index contributed by atoms with van der Waals surface area (Å²) in [6.07, 6.45) is 0.720. The monoisotopic (exact) mass is 348 g/mol. The van der Waals surface area contributed by atoms with Crippen LogP contribution in [0.15, 0.2) is 59.5 Å². The first kappa shape index (κ1) is 15.7. The molecule has 2 fully saturated rings. The summed E-state index contributed by atoms with van der Waals surface area (Å²) in [5.41, 5.74) is -0.220. The normalized spacial score (nSPS) is 31.7. The first-order valence-electron chi connectivity index (χ1n) is 7.82. The largest absolute Gasteiger partial charge is 0.355 e. The quantitative estimate of drug-likeness (QED) is 0.628. The predicted octanol–water partition coefficient (Wildman–Crippen LogP) is 3.38. The van der Waals surface area contributed by atoms with Gasteiger partial charge < -0.3 is 4.74 Å². The van der Waals surface area contributed by atoms with E-state index in [1.165, 1.54) is 12.1 Å². The van der Waals surface area contributed by atoms with Crippen molar-refractivity contribution in [3.63, 3.8) is 0 Å². The van der Waals surface area contributed by atoms with Crippen molar-refractivity contribution in [2.24, 2.45) is 0 Å². The van der Waals surface area contributed by atoms with E-state index in [9.17, 15) is 12.8 Å². The molecule has 2 aromatic carbocycles. The molecular weight excluding hydrogens is 331 g/mol. The predicted molar refractivity (Wildman–Crippen MR) is 85.3 cm³/mol. The third-order valence-electron chi connectivity index (χ3n) is 5.02. The zero-order chi connectivity index (χ0) is 17.0. The molecule has 0 radical (unpaired) electrons. The van der Waals surface area contributed by atoms with Crippen molar-refractivity contribution in [2.45, 2.75) is 42.0 Å². The highest BCUT2D eigenvalue weighted by Gasteiger charge is 2.76. The van der Waals surface area contributed by atoms with Crippen LogP contribution in [0.1, 0.15) is 25.3 Å². The Labute approximate surface area is 140 Å². The van der Waals surface area contributed by atoms with Crippen molar-refractivity contribution >= 4 is 10.1 Å². The zero-order valence-corrected chi connectivity index (χ0v) is 13.9. The molecule has 0 N–H and O–H groups in total. The molecule has 1 aliphatic carbocycles. The summed E-state index contributed by atoms with van der Waals surface area (Å²) in [4.78, 5) is -0.0543. The average Bonchev–Trinajstić information content (AvgIpc) is 3.11. The van der Waals surface area contributed by atoms with Crippen LogP contribution in [0.5, 0.6) is 0 Å². The highest BCUT2D eigenvalue weighted by atomic mass is 32.2. The van der Waals surface area contributed by atoms with Crippen LogP contribution in [0, 0.1) is 5.82 Å². The molecule has 126 valence electrons. The Morgan fingerprint density at radius 2 is 1.79 bits per heavy atom. The number of ether oxygens (including phenoxy) is 1. The van der Waals surface area contributed by atoms with Crippen LogP contribution in [0.2, 0.25) is 0 Å². The van der Waals surface area contributed by atoms with Gasteiger partial charge in [0, 0.05) is 0 Å². The molecule has 2 aromatic rings. The number of rotatable bonds is 4. The number of epoxide rings is 1. The van der Waals surface area contributed by atoms with Crippen LogP contribution in [-0.4, -0.2) is 20.1 Å². The smallest absolute Gasteiger partial charge is 0.297 e. The zero-order valence-electron chi connectivity index (χ0n) is 13.1. The van der Waals surface area contributed by atoms with E-state index in [0.717, 1.165) is 24.1 Å². The Hall–Kier alpha value is -1.76. The molecule has 4 nitrogen and oxygen atoms in total. The lowest BCUT2D eigenvalue weighted by molar-refractivity contribution is 0.0849. The molecular formula is C18H17FO4S. The van der Waals surface area contributed by atoms with E-state index >= 15 is 0 Å². The second kappa shape index (κ2) is 5.12. The number of halogens is 1. The van der Waals surface area contributed by atoms with Crippen LogP contribution in [0.3, 0.4) is 0 Å². The Balaban J connectivity index is 1.66. The van der Waals surface area contributed by atoms with Crippen molar-refractivity contribution in [1.82, 2.24) is 0 Å². The van der Waals surface area contributed by atoms with E-state index < -0.39 is 33.2 Å². The van der Waals surface area contributed by atoms with Gasteiger partial charge in [0.25, 0.3) is 10.1 Å². The third kappa shape index (κ3) is 2.21. The second-order valence-corrected chi connectivity index (χ2v) is 8.04. The van der Waals surface area contributed by atoms with Crippen molar-refractivity contribution in [1.29, 1.82) is 0 Å². The first-order chi connectivity index (χ1) is 11.4. The van der Waals surface area contributed by atoms with Crippen LogP contribution < -0.4 is 0 Å². The van der Waals surface area contributed by atoms with Crippen molar-refractivity contribution in [3.8, 4) is 0 Å². The van der Waals surface area contributed by atoms with E-state index in [-0.39, 0.29) is 4.90 Å². The fourth-order valence-electron chi connectivity index (χ4n) is 3.74. The van der Waals surface area contributed by atoms with Gasteiger partial charge in [-0.15, -0.1) is 0 Å². The standard InChI is InChI=1S/C18H17FO4S/c1-17-12-11-16(18(17,23-17)13-5-3-2-4-6-13)22-24(20,21)15-9-7-14(19)8-10-15/h2-10,16H,11-12H2,1H3/t16-,17+,18-/m1/s1. The van der Waals surface area contributed by atoms with Gasteiger partial charge in [0.05, 0.1) is 4.90 Å². The molecule has 0 aromatic heterocycles. The molecule has 4 rings (SSSR count). The van der Waals surface area contributed by atoms with E-state index in [1.54, 1.807) is 0 Å². The Bertz CT molecular complexity index is 866. The lowest BCUT2D eigenvalue weighted by atomic mass is 9.89. The second-order valence-electron chi connectivity index (χ2n) is 6.47. The molecule has 0 amide bonds. The minimum Gasteiger partial charge on any atom is -0.355 e. The minimum atomic E-state index is -3.99. The van der Waals surface area contributed by atoms with Gasteiger partial charge in [-0.1, -0.05) is 30.3 Å². The van der Waals surface area contributed by atoms with Crippen molar-refractivity contribution in [2.75, 3.05) is 0 Å². The third-order valence-corrected chi connectivity index (χ3v) is 6.35. The maximum atomic E-state index is 13.0. The summed E-state index contributed by atoms with van der Waals surface area (Å²) in [6, 6.07) is 14.2. The number of hydrogen-bond donors (Lipinski definition) is 0. The molecule has 0 unspecified atom stereocenters. The molecule has 1 heterocycles. The van der Waals surface area contributed by atoms with E-state index in [4.69, 9.17) is 8.92 Å². The molecule has 6 heteroatoms. The maximum Gasteiger partial charge on any atom is 0.297 e. The lowest BCUT2D eigenvalue weighted by Crippen LogP contribution is -2.31. The summed E-state index contributed by atoms with van der Waals surface area (Å²) in [7, 11) is -3.99.